The van der Waals surface area contributed by atoms with E-state index in [0.29, 0.717) is 11.7 Å². The molecular formula is C15H17N3O3. The Kier molecular flexibility index (Phi) is 4.69. The summed E-state index contributed by atoms with van der Waals surface area (Å²) in [5.74, 6) is 10.9. The number of benzene rings is 1. The van der Waals surface area contributed by atoms with Gasteiger partial charge in [-0.25, -0.2) is 10.6 Å². The van der Waals surface area contributed by atoms with Gasteiger partial charge in [0.1, 0.15) is 5.75 Å². The third-order valence-corrected chi connectivity index (χ3v) is 3.21. The molecule has 2 rings (SSSR count). The van der Waals surface area contributed by atoms with Crippen LogP contribution in [0, 0.1) is 17.8 Å². The Morgan fingerprint density at radius 2 is 2.00 bits per heavy atom. The molecule has 0 atom stereocenters. The molecule has 0 saturated heterocycles. The molecule has 21 heavy (non-hydrogen) atoms. The normalized spacial score (nSPS) is 15.1. The molecule has 1 aromatic carbocycles. The van der Waals surface area contributed by atoms with Crippen molar-refractivity contribution in [3.8, 4) is 17.6 Å². The highest BCUT2D eigenvalue weighted by Crippen LogP contribution is 2.25. The van der Waals surface area contributed by atoms with Crippen LogP contribution in [-0.4, -0.2) is 11.1 Å². The van der Waals surface area contributed by atoms with Gasteiger partial charge in [-0.1, -0.05) is 18.3 Å². The molecule has 1 aliphatic rings. The summed E-state index contributed by atoms with van der Waals surface area (Å²) in [7, 11) is 0. The summed E-state index contributed by atoms with van der Waals surface area (Å²) in [5, 5.41) is 8.78. The smallest absolute Gasteiger partial charge is 0.357 e. The Morgan fingerprint density at radius 3 is 2.48 bits per heavy atom. The molecule has 1 saturated carbocycles. The Hall–Kier alpha value is -2.65. The van der Waals surface area contributed by atoms with Gasteiger partial charge < -0.3 is 15.6 Å². The van der Waals surface area contributed by atoms with Gasteiger partial charge in [0, 0.05) is 11.5 Å². The van der Waals surface area contributed by atoms with E-state index in [4.69, 9.17) is 21.4 Å². The minimum Gasteiger partial charge on any atom is -0.476 e. The molecule has 110 valence electrons. The van der Waals surface area contributed by atoms with Gasteiger partial charge in [0.05, 0.1) is 0 Å². The highest BCUT2D eigenvalue weighted by atomic mass is 16.5. The van der Waals surface area contributed by atoms with Gasteiger partial charge in [0.15, 0.2) is 5.70 Å². The Labute approximate surface area is 122 Å². The zero-order valence-corrected chi connectivity index (χ0v) is 11.4. The molecule has 6 heteroatoms. The van der Waals surface area contributed by atoms with E-state index in [1.54, 1.807) is 24.3 Å². The topological polar surface area (TPSA) is 111 Å². The quantitative estimate of drug-likeness (QED) is 0.215. The van der Waals surface area contributed by atoms with Crippen molar-refractivity contribution in [3.05, 3.63) is 41.4 Å². The molecule has 0 heterocycles. The van der Waals surface area contributed by atoms with E-state index in [9.17, 15) is 4.79 Å². The lowest BCUT2D eigenvalue weighted by Gasteiger charge is -2.18. The van der Waals surface area contributed by atoms with Gasteiger partial charge >= 0.3 is 5.97 Å². The third-order valence-electron chi connectivity index (χ3n) is 3.21. The standard InChI is InChI=1S/C15H17N3O3/c16-13(15(19)20)14(18-17)21-12-8-6-11(7-9-12)5-4-10-2-1-3-10/h6-10,18H,1-3,16-17H2,(H,19,20)/b14-13+. The van der Waals surface area contributed by atoms with Crippen LogP contribution in [0.4, 0.5) is 0 Å². The minimum absolute atomic E-state index is 0.212. The van der Waals surface area contributed by atoms with Gasteiger partial charge in [-0.3, -0.25) is 5.43 Å². The van der Waals surface area contributed by atoms with Crippen LogP contribution in [0.3, 0.4) is 0 Å². The fourth-order valence-electron chi connectivity index (χ4n) is 1.72. The lowest BCUT2D eigenvalue weighted by Crippen LogP contribution is -2.31. The van der Waals surface area contributed by atoms with Crippen molar-refractivity contribution in [2.75, 3.05) is 0 Å². The summed E-state index contributed by atoms with van der Waals surface area (Å²) in [6, 6.07) is 6.95. The van der Waals surface area contributed by atoms with Crippen LogP contribution < -0.4 is 21.7 Å². The first kappa shape index (κ1) is 14.8. The fourth-order valence-corrected chi connectivity index (χ4v) is 1.72. The summed E-state index contributed by atoms with van der Waals surface area (Å²) in [6.45, 7) is 0. The van der Waals surface area contributed by atoms with E-state index >= 15 is 0 Å². The molecule has 1 aromatic rings. The van der Waals surface area contributed by atoms with E-state index in [1.807, 2.05) is 0 Å². The van der Waals surface area contributed by atoms with Crippen molar-refractivity contribution in [2.24, 2.45) is 17.5 Å². The second-order valence-corrected chi connectivity index (χ2v) is 4.72. The van der Waals surface area contributed by atoms with E-state index < -0.39 is 11.7 Å². The average molecular weight is 287 g/mol. The van der Waals surface area contributed by atoms with Crippen LogP contribution in [0.2, 0.25) is 0 Å². The molecule has 1 fully saturated rings. The summed E-state index contributed by atoms with van der Waals surface area (Å²) < 4.78 is 5.29. The zero-order chi connectivity index (χ0) is 15.2. The van der Waals surface area contributed by atoms with Crippen LogP contribution in [-0.2, 0) is 4.79 Å². The lowest BCUT2D eigenvalue weighted by molar-refractivity contribution is -0.132. The number of hydrogen-bond acceptors (Lipinski definition) is 5. The molecule has 0 aliphatic heterocycles. The number of carboxylic acid groups (broad SMARTS) is 1. The third kappa shape index (κ3) is 3.91. The van der Waals surface area contributed by atoms with Gasteiger partial charge in [0.25, 0.3) is 0 Å². The Balaban J connectivity index is 2.05. The molecule has 1 aliphatic carbocycles. The molecule has 0 amide bonds. The van der Waals surface area contributed by atoms with Crippen LogP contribution in [0.5, 0.6) is 5.75 Å². The predicted octanol–water partition coefficient (Wildman–Crippen LogP) is 0.893. The summed E-state index contributed by atoms with van der Waals surface area (Å²) in [4.78, 5) is 10.8. The first-order valence-electron chi connectivity index (χ1n) is 6.59. The van der Waals surface area contributed by atoms with Crippen LogP contribution >= 0.6 is 0 Å². The van der Waals surface area contributed by atoms with Gasteiger partial charge in [-0.05, 0) is 37.1 Å². The lowest BCUT2D eigenvalue weighted by atomic mass is 9.86. The average Bonchev–Trinajstić information content (AvgIpc) is 2.43. The second kappa shape index (κ2) is 6.68. The zero-order valence-electron chi connectivity index (χ0n) is 11.4. The fraction of sp³-hybridized carbons (Fsp3) is 0.267. The van der Waals surface area contributed by atoms with E-state index in [0.717, 1.165) is 5.56 Å². The predicted molar refractivity (Wildman–Crippen MR) is 77.5 cm³/mol. The molecule has 0 bridgehead atoms. The number of nitrogens with two attached hydrogens (primary N) is 2. The Bertz CT molecular complexity index is 607. The number of hydrogen-bond donors (Lipinski definition) is 4. The SMILES string of the molecule is NN/C(Oc1ccc(C#CC2CCC2)cc1)=C(\N)C(=O)O. The summed E-state index contributed by atoms with van der Waals surface area (Å²) in [6.07, 6.45) is 3.62. The maximum atomic E-state index is 10.8. The van der Waals surface area contributed by atoms with E-state index in [1.165, 1.54) is 19.3 Å². The van der Waals surface area contributed by atoms with Gasteiger partial charge in [-0.15, -0.1) is 0 Å². The highest BCUT2D eigenvalue weighted by molar-refractivity contribution is 5.85. The number of rotatable bonds is 4. The number of nitrogens with one attached hydrogen (secondary N) is 1. The number of ether oxygens (including phenoxy) is 1. The Morgan fingerprint density at radius 1 is 1.33 bits per heavy atom. The first-order valence-corrected chi connectivity index (χ1v) is 6.59. The number of aliphatic carboxylic acids is 1. The molecular weight excluding hydrogens is 270 g/mol. The molecule has 0 aromatic heterocycles. The molecule has 6 N–H and O–H groups in total. The first-order chi connectivity index (χ1) is 10.1. The van der Waals surface area contributed by atoms with Crippen molar-refractivity contribution < 1.29 is 14.6 Å². The maximum Gasteiger partial charge on any atom is 0.357 e. The number of hydrazine groups is 1. The van der Waals surface area contributed by atoms with Crippen molar-refractivity contribution in [2.45, 2.75) is 19.3 Å². The summed E-state index contributed by atoms with van der Waals surface area (Å²) in [5.41, 5.74) is 7.85. The van der Waals surface area contributed by atoms with Gasteiger partial charge in [-0.2, -0.15) is 0 Å². The van der Waals surface area contributed by atoms with Gasteiger partial charge in [0.2, 0.25) is 5.88 Å². The van der Waals surface area contributed by atoms with Crippen LogP contribution in [0.25, 0.3) is 0 Å². The largest absolute Gasteiger partial charge is 0.476 e. The number of carbonyl (C=O) groups is 1. The van der Waals surface area contributed by atoms with Crippen LogP contribution in [0.15, 0.2) is 35.8 Å². The highest BCUT2D eigenvalue weighted by Gasteiger charge is 2.14. The monoisotopic (exact) mass is 287 g/mol. The maximum absolute atomic E-state index is 10.8. The minimum atomic E-state index is -1.31. The number of carboxylic acids is 1. The van der Waals surface area contributed by atoms with E-state index in [-0.39, 0.29) is 5.88 Å². The van der Waals surface area contributed by atoms with Crippen molar-refractivity contribution >= 4 is 5.97 Å². The molecule has 0 radical (unpaired) electrons. The molecule has 0 unspecified atom stereocenters. The van der Waals surface area contributed by atoms with Crippen LogP contribution in [0.1, 0.15) is 24.8 Å². The molecule has 0 spiro atoms. The second-order valence-electron chi connectivity index (χ2n) is 4.72. The van der Waals surface area contributed by atoms with E-state index in [2.05, 4.69) is 17.3 Å². The van der Waals surface area contributed by atoms with Crippen molar-refractivity contribution in [1.29, 1.82) is 0 Å². The summed E-state index contributed by atoms with van der Waals surface area (Å²) >= 11 is 0. The van der Waals surface area contributed by atoms with Crippen molar-refractivity contribution in [3.63, 3.8) is 0 Å². The van der Waals surface area contributed by atoms with Crippen molar-refractivity contribution in [1.82, 2.24) is 5.43 Å². The molecule has 6 nitrogen and oxygen atoms in total.